The maximum Gasteiger partial charge on any atom is 0.269 e. The molecule has 0 aromatic heterocycles. The first-order valence-corrected chi connectivity index (χ1v) is 8.25. The molecule has 0 saturated heterocycles. The molecule has 0 aliphatic carbocycles. The number of anilines is 1. The van der Waals surface area contributed by atoms with E-state index in [9.17, 15) is 14.9 Å². The molecule has 0 fully saturated rings. The fraction of sp³-hybridized carbons (Fsp3) is 0.188. The number of hydrogen-bond donors (Lipinski definition) is 2. The molecule has 1 atom stereocenters. The van der Waals surface area contributed by atoms with E-state index >= 15 is 0 Å². The molecule has 0 spiro atoms. The van der Waals surface area contributed by atoms with Crippen LogP contribution >= 0.6 is 34.8 Å². The summed E-state index contributed by atoms with van der Waals surface area (Å²) < 4.78 is -1.82. The minimum Gasteiger partial charge on any atom is -0.362 e. The Balaban J connectivity index is 2.16. The molecule has 0 aliphatic heterocycles. The summed E-state index contributed by atoms with van der Waals surface area (Å²) in [5.41, 5.74) is 1.75. The van der Waals surface area contributed by atoms with E-state index in [4.69, 9.17) is 34.8 Å². The van der Waals surface area contributed by atoms with Crippen LogP contribution in [-0.2, 0) is 0 Å². The second-order valence-corrected chi connectivity index (χ2v) is 7.63. The van der Waals surface area contributed by atoms with E-state index in [-0.39, 0.29) is 11.3 Å². The lowest BCUT2D eigenvalue weighted by Crippen LogP contribution is -2.49. The van der Waals surface area contributed by atoms with Crippen LogP contribution < -0.4 is 10.6 Å². The maximum absolute atomic E-state index is 12.3. The fourth-order valence-electron chi connectivity index (χ4n) is 2.05. The van der Waals surface area contributed by atoms with Crippen molar-refractivity contribution in [1.82, 2.24) is 5.32 Å². The number of amides is 1. The van der Waals surface area contributed by atoms with Crippen LogP contribution in [0, 0.1) is 17.0 Å². The molecule has 0 radical (unpaired) electrons. The van der Waals surface area contributed by atoms with Gasteiger partial charge < -0.3 is 10.6 Å². The highest BCUT2D eigenvalue weighted by Gasteiger charge is 2.34. The Bertz CT molecular complexity index is 776. The van der Waals surface area contributed by atoms with E-state index in [0.717, 1.165) is 5.56 Å². The van der Waals surface area contributed by atoms with Crippen molar-refractivity contribution in [3.63, 3.8) is 0 Å². The van der Waals surface area contributed by atoms with Gasteiger partial charge in [-0.2, -0.15) is 0 Å². The van der Waals surface area contributed by atoms with E-state index in [1.807, 2.05) is 25.1 Å². The number of benzene rings is 2. The SMILES string of the molecule is Cc1cccc(NC(NC(=O)c2ccc([N+](=O)[O-])cc2)C(Cl)(Cl)Cl)c1. The molecule has 9 heteroatoms. The topological polar surface area (TPSA) is 84.3 Å². The number of rotatable bonds is 5. The van der Waals surface area contributed by atoms with Gasteiger partial charge in [-0.05, 0) is 36.8 Å². The summed E-state index contributed by atoms with van der Waals surface area (Å²) in [6.07, 6.45) is -1.01. The van der Waals surface area contributed by atoms with Crippen LogP contribution in [0.1, 0.15) is 15.9 Å². The number of hydrogen-bond acceptors (Lipinski definition) is 4. The molecule has 2 aromatic carbocycles. The normalized spacial score (nSPS) is 12.3. The second-order valence-electron chi connectivity index (χ2n) is 5.27. The van der Waals surface area contributed by atoms with Gasteiger partial charge in [-0.3, -0.25) is 14.9 Å². The number of halogens is 3. The highest BCUT2D eigenvalue weighted by atomic mass is 35.6. The van der Waals surface area contributed by atoms with Gasteiger partial charge in [0.15, 0.2) is 0 Å². The monoisotopic (exact) mass is 401 g/mol. The lowest BCUT2D eigenvalue weighted by atomic mass is 10.2. The summed E-state index contributed by atoms with van der Waals surface area (Å²) in [7, 11) is 0. The van der Waals surface area contributed by atoms with Crippen LogP contribution in [0.25, 0.3) is 0 Å². The molecular formula is C16H14Cl3N3O3. The summed E-state index contributed by atoms with van der Waals surface area (Å²) in [5, 5.41) is 16.2. The van der Waals surface area contributed by atoms with Crippen molar-refractivity contribution in [3.05, 3.63) is 69.8 Å². The number of carbonyl (C=O) groups is 1. The quantitative estimate of drug-likeness (QED) is 0.335. The van der Waals surface area contributed by atoms with Gasteiger partial charge in [-0.1, -0.05) is 46.9 Å². The van der Waals surface area contributed by atoms with Gasteiger partial charge in [-0.15, -0.1) is 0 Å². The average Bonchev–Trinajstić information content (AvgIpc) is 2.53. The van der Waals surface area contributed by atoms with Gasteiger partial charge >= 0.3 is 0 Å². The van der Waals surface area contributed by atoms with E-state index < -0.39 is 20.8 Å². The van der Waals surface area contributed by atoms with Gasteiger partial charge in [-0.25, -0.2) is 0 Å². The smallest absolute Gasteiger partial charge is 0.269 e. The minimum absolute atomic E-state index is 0.118. The molecule has 25 heavy (non-hydrogen) atoms. The summed E-state index contributed by atoms with van der Waals surface area (Å²) in [6.45, 7) is 1.91. The predicted octanol–water partition coefficient (Wildman–Crippen LogP) is 4.44. The van der Waals surface area contributed by atoms with Crippen LogP contribution in [0.3, 0.4) is 0 Å². The van der Waals surface area contributed by atoms with E-state index in [0.29, 0.717) is 5.69 Å². The number of nitro benzene ring substituents is 1. The van der Waals surface area contributed by atoms with Gasteiger partial charge in [0.2, 0.25) is 3.79 Å². The maximum atomic E-state index is 12.3. The lowest BCUT2D eigenvalue weighted by molar-refractivity contribution is -0.384. The molecule has 132 valence electrons. The van der Waals surface area contributed by atoms with Crippen LogP contribution in [0.15, 0.2) is 48.5 Å². The zero-order valence-corrected chi connectivity index (χ0v) is 15.3. The lowest BCUT2D eigenvalue weighted by Gasteiger charge is -2.27. The predicted molar refractivity (Wildman–Crippen MR) is 99.4 cm³/mol. The summed E-state index contributed by atoms with van der Waals surface area (Å²) in [4.78, 5) is 22.5. The number of aryl methyl sites for hydroxylation is 1. The van der Waals surface area contributed by atoms with Crippen molar-refractivity contribution in [3.8, 4) is 0 Å². The average molecular weight is 403 g/mol. The standard InChI is InChI=1S/C16H14Cl3N3O3/c1-10-3-2-4-12(9-10)20-15(16(17,18)19)21-14(23)11-5-7-13(8-6-11)22(24)25/h2-9,15,20H,1H3,(H,21,23). The Morgan fingerprint density at radius 3 is 2.32 bits per heavy atom. The van der Waals surface area contributed by atoms with E-state index in [2.05, 4.69) is 10.6 Å². The molecule has 0 saturated carbocycles. The Kier molecular flexibility index (Phi) is 6.11. The first-order chi connectivity index (χ1) is 11.7. The first kappa shape index (κ1) is 19.3. The summed E-state index contributed by atoms with van der Waals surface area (Å²) >= 11 is 17.9. The number of nitrogens with one attached hydrogen (secondary N) is 2. The number of carbonyl (C=O) groups excluding carboxylic acids is 1. The van der Waals surface area contributed by atoms with Crippen molar-refractivity contribution >= 4 is 52.1 Å². The third-order valence-corrected chi connectivity index (χ3v) is 3.93. The molecule has 2 rings (SSSR count). The molecule has 1 amide bonds. The third kappa shape index (κ3) is 5.49. The van der Waals surface area contributed by atoms with Crippen molar-refractivity contribution in [1.29, 1.82) is 0 Å². The molecule has 2 N–H and O–H groups in total. The van der Waals surface area contributed by atoms with Gasteiger partial charge in [0.25, 0.3) is 11.6 Å². The molecule has 0 bridgehead atoms. The van der Waals surface area contributed by atoms with E-state index in [1.54, 1.807) is 6.07 Å². The number of non-ortho nitro benzene ring substituents is 1. The summed E-state index contributed by atoms with van der Waals surface area (Å²) in [6, 6.07) is 12.5. The highest BCUT2D eigenvalue weighted by Crippen LogP contribution is 2.31. The molecule has 6 nitrogen and oxygen atoms in total. The van der Waals surface area contributed by atoms with Crippen molar-refractivity contribution in [2.75, 3.05) is 5.32 Å². The zero-order valence-electron chi connectivity index (χ0n) is 13.0. The Morgan fingerprint density at radius 2 is 1.80 bits per heavy atom. The molecule has 2 aromatic rings. The molecule has 0 heterocycles. The Labute approximate surface area is 159 Å². The first-order valence-electron chi connectivity index (χ1n) is 7.12. The van der Waals surface area contributed by atoms with Gasteiger partial charge in [0.1, 0.15) is 6.17 Å². The largest absolute Gasteiger partial charge is 0.362 e. The summed E-state index contributed by atoms with van der Waals surface area (Å²) in [5.74, 6) is -0.536. The van der Waals surface area contributed by atoms with Crippen molar-refractivity contribution in [2.24, 2.45) is 0 Å². The van der Waals surface area contributed by atoms with Crippen molar-refractivity contribution < 1.29 is 9.72 Å². The van der Waals surface area contributed by atoms with E-state index in [1.165, 1.54) is 24.3 Å². The Hall–Kier alpha value is -2.02. The van der Waals surface area contributed by atoms with Crippen LogP contribution in [0.5, 0.6) is 0 Å². The number of nitro groups is 1. The zero-order chi connectivity index (χ0) is 18.6. The molecule has 1 unspecified atom stereocenters. The van der Waals surface area contributed by atoms with Gasteiger partial charge in [0, 0.05) is 23.4 Å². The minimum atomic E-state index is -1.82. The molecular weight excluding hydrogens is 389 g/mol. The van der Waals surface area contributed by atoms with Crippen LogP contribution in [0.4, 0.5) is 11.4 Å². The van der Waals surface area contributed by atoms with Gasteiger partial charge in [0.05, 0.1) is 4.92 Å². The number of nitrogens with zero attached hydrogens (tertiary/aromatic N) is 1. The molecule has 0 aliphatic rings. The fourth-order valence-corrected chi connectivity index (χ4v) is 2.38. The highest BCUT2D eigenvalue weighted by molar-refractivity contribution is 6.68. The van der Waals surface area contributed by atoms with Crippen molar-refractivity contribution in [2.45, 2.75) is 16.9 Å². The Morgan fingerprint density at radius 1 is 1.16 bits per heavy atom. The van der Waals surface area contributed by atoms with Crippen LogP contribution in [-0.4, -0.2) is 20.8 Å². The second kappa shape index (κ2) is 7.91. The third-order valence-electron chi connectivity index (χ3n) is 3.27. The number of alkyl halides is 3. The van der Waals surface area contributed by atoms with Crippen LogP contribution in [0.2, 0.25) is 0 Å².